The third kappa shape index (κ3) is 4.14. The number of rotatable bonds is 4. The highest BCUT2D eigenvalue weighted by molar-refractivity contribution is 7.15. The number of nitrogens with zero attached hydrogens (tertiary/aromatic N) is 2. The zero-order valence-electron chi connectivity index (χ0n) is 11.8. The number of carbonyl (C=O) groups excluding carboxylic acids is 1. The summed E-state index contributed by atoms with van der Waals surface area (Å²) in [4.78, 5) is 12.0. The number of amides is 2. The number of anilines is 1. The lowest BCUT2D eigenvalue weighted by Crippen LogP contribution is -2.43. The van der Waals surface area contributed by atoms with Gasteiger partial charge in [0.25, 0.3) is 0 Å². The average molecular weight is 298 g/mol. The fraction of sp³-hybridized carbons (Fsp3) is 0.769. The third-order valence-electron chi connectivity index (χ3n) is 3.70. The van der Waals surface area contributed by atoms with Crippen LogP contribution in [-0.4, -0.2) is 34.0 Å². The van der Waals surface area contributed by atoms with E-state index < -0.39 is 0 Å². The molecule has 1 heterocycles. The molecule has 0 aromatic carbocycles. The summed E-state index contributed by atoms with van der Waals surface area (Å²) in [5.41, 5.74) is 0. The summed E-state index contributed by atoms with van der Waals surface area (Å²) >= 11 is 1.39. The molecule has 1 aliphatic carbocycles. The first kappa shape index (κ1) is 15.2. The molecule has 1 aromatic rings. The third-order valence-corrected chi connectivity index (χ3v) is 4.68. The topological polar surface area (TPSA) is 87.1 Å². The van der Waals surface area contributed by atoms with E-state index in [1.807, 2.05) is 6.92 Å². The van der Waals surface area contributed by atoms with Crippen molar-refractivity contribution in [3.05, 3.63) is 5.01 Å². The number of aryl methyl sites for hydroxylation is 1. The first-order valence-corrected chi connectivity index (χ1v) is 8.05. The minimum atomic E-state index is -0.255. The van der Waals surface area contributed by atoms with E-state index in [0.717, 1.165) is 37.1 Å². The Balaban J connectivity index is 1.88. The van der Waals surface area contributed by atoms with Gasteiger partial charge in [-0.3, -0.25) is 5.32 Å². The van der Waals surface area contributed by atoms with Gasteiger partial charge in [-0.2, -0.15) is 0 Å². The van der Waals surface area contributed by atoms with Crippen LogP contribution in [0.3, 0.4) is 0 Å². The maximum atomic E-state index is 12.0. The van der Waals surface area contributed by atoms with Crippen LogP contribution in [-0.2, 0) is 6.42 Å². The molecule has 2 unspecified atom stereocenters. The molecule has 2 rings (SSSR count). The summed E-state index contributed by atoms with van der Waals surface area (Å²) in [6, 6.07) is -0.213. The second-order valence-corrected chi connectivity index (χ2v) is 6.20. The van der Waals surface area contributed by atoms with Gasteiger partial charge in [0.15, 0.2) is 0 Å². The van der Waals surface area contributed by atoms with Crippen molar-refractivity contribution in [3.8, 4) is 0 Å². The van der Waals surface area contributed by atoms with Crippen molar-refractivity contribution in [1.82, 2.24) is 15.5 Å². The van der Waals surface area contributed by atoms with Crippen LogP contribution in [0, 0.1) is 5.92 Å². The van der Waals surface area contributed by atoms with Gasteiger partial charge in [0.1, 0.15) is 5.01 Å². The summed E-state index contributed by atoms with van der Waals surface area (Å²) in [6.45, 7) is 2.13. The predicted octanol–water partition coefficient (Wildman–Crippen LogP) is 2.16. The predicted molar refractivity (Wildman–Crippen MR) is 78.9 cm³/mol. The lowest BCUT2D eigenvalue weighted by molar-refractivity contribution is 0.182. The van der Waals surface area contributed by atoms with Crippen LogP contribution in [0.1, 0.15) is 44.0 Å². The standard InChI is InChI=1S/C13H22N4O2S/c1-2-11-16-17-13(20-11)15-12(19)14-10-7-5-3-4-6-9(10)8-18/h9-10,18H,2-8H2,1H3,(H2,14,15,17,19). The van der Waals surface area contributed by atoms with Crippen molar-refractivity contribution in [2.75, 3.05) is 11.9 Å². The van der Waals surface area contributed by atoms with Gasteiger partial charge < -0.3 is 10.4 Å². The number of hydrogen-bond donors (Lipinski definition) is 3. The van der Waals surface area contributed by atoms with E-state index in [-0.39, 0.29) is 24.6 Å². The van der Waals surface area contributed by atoms with Crippen LogP contribution < -0.4 is 10.6 Å². The molecule has 0 bridgehead atoms. The lowest BCUT2D eigenvalue weighted by atomic mass is 9.96. The Labute approximate surface area is 123 Å². The second-order valence-electron chi connectivity index (χ2n) is 5.14. The van der Waals surface area contributed by atoms with Gasteiger partial charge in [-0.1, -0.05) is 37.5 Å². The molecule has 1 aliphatic rings. The van der Waals surface area contributed by atoms with Crippen LogP contribution in [0.25, 0.3) is 0 Å². The molecule has 0 saturated heterocycles. The highest BCUT2D eigenvalue weighted by Crippen LogP contribution is 2.23. The van der Waals surface area contributed by atoms with E-state index in [9.17, 15) is 9.90 Å². The van der Waals surface area contributed by atoms with Gasteiger partial charge in [0.05, 0.1) is 0 Å². The van der Waals surface area contributed by atoms with Crippen LogP contribution in [0.2, 0.25) is 0 Å². The van der Waals surface area contributed by atoms with Crippen LogP contribution >= 0.6 is 11.3 Å². The fourth-order valence-electron chi connectivity index (χ4n) is 2.54. The van der Waals surface area contributed by atoms with E-state index in [1.54, 1.807) is 0 Å². The smallest absolute Gasteiger partial charge is 0.321 e. The van der Waals surface area contributed by atoms with E-state index >= 15 is 0 Å². The molecule has 112 valence electrons. The second kappa shape index (κ2) is 7.54. The van der Waals surface area contributed by atoms with Gasteiger partial charge >= 0.3 is 6.03 Å². The highest BCUT2D eigenvalue weighted by Gasteiger charge is 2.24. The number of aliphatic hydroxyl groups is 1. The normalized spacial score (nSPS) is 23.1. The molecule has 7 heteroatoms. The number of aliphatic hydroxyl groups excluding tert-OH is 1. The number of hydrogen-bond acceptors (Lipinski definition) is 5. The first-order chi connectivity index (χ1) is 9.72. The van der Waals surface area contributed by atoms with E-state index in [1.165, 1.54) is 17.8 Å². The molecule has 6 nitrogen and oxygen atoms in total. The molecule has 20 heavy (non-hydrogen) atoms. The van der Waals surface area contributed by atoms with Crippen molar-refractivity contribution < 1.29 is 9.90 Å². The number of nitrogens with one attached hydrogen (secondary N) is 2. The highest BCUT2D eigenvalue weighted by atomic mass is 32.1. The maximum absolute atomic E-state index is 12.0. The Hall–Kier alpha value is -1.21. The minimum absolute atomic E-state index is 0.0427. The van der Waals surface area contributed by atoms with Crippen molar-refractivity contribution in [2.24, 2.45) is 5.92 Å². The largest absolute Gasteiger partial charge is 0.396 e. The van der Waals surface area contributed by atoms with Gasteiger partial charge in [0.2, 0.25) is 5.13 Å². The molecule has 2 amide bonds. The summed E-state index contributed by atoms with van der Waals surface area (Å²) in [6.07, 6.45) is 6.11. The molecular formula is C13H22N4O2S. The van der Waals surface area contributed by atoms with Crippen LogP contribution in [0.5, 0.6) is 0 Å². The Morgan fingerprint density at radius 1 is 1.35 bits per heavy atom. The Bertz CT molecular complexity index is 438. The maximum Gasteiger partial charge on any atom is 0.321 e. The molecular weight excluding hydrogens is 276 g/mol. The summed E-state index contributed by atoms with van der Waals surface area (Å²) in [7, 11) is 0. The summed E-state index contributed by atoms with van der Waals surface area (Å²) in [5.74, 6) is 0.156. The molecule has 1 aromatic heterocycles. The molecule has 2 atom stereocenters. The number of carbonyl (C=O) groups is 1. The van der Waals surface area contributed by atoms with Gasteiger partial charge in [-0.05, 0) is 19.3 Å². The van der Waals surface area contributed by atoms with Crippen LogP contribution in [0.4, 0.5) is 9.93 Å². The Kier molecular flexibility index (Phi) is 5.72. The van der Waals surface area contributed by atoms with Gasteiger partial charge in [0, 0.05) is 18.6 Å². The molecule has 0 radical (unpaired) electrons. The first-order valence-electron chi connectivity index (χ1n) is 7.23. The van der Waals surface area contributed by atoms with Crippen molar-refractivity contribution in [2.45, 2.75) is 51.5 Å². The molecule has 3 N–H and O–H groups in total. The number of aromatic nitrogens is 2. The molecule has 1 fully saturated rings. The van der Waals surface area contributed by atoms with E-state index in [2.05, 4.69) is 20.8 Å². The zero-order chi connectivity index (χ0) is 14.4. The monoisotopic (exact) mass is 298 g/mol. The SMILES string of the molecule is CCc1nnc(NC(=O)NC2CCCCCC2CO)s1. The Morgan fingerprint density at radius 2 is 2.15 bits per heavy atom. The molecule has 0 spiro atoms. The van der Waals surface area contributed by atoms with Gasteiger partial charge in [-0.25, -0.2) is 4.79 Å². The van der Waals surface area contributed by atoms with E-state index in [0.29, 0.717) is 5.13 Å². The van der Waals surface area contributed by atoms with Crippen molar-refractivity contribution in [3.63, 3.8) is 0 Å². The summed E-state index contributed by atoms with van der Waals surface area (Å²) in [5, 5.41) is 24.4. The van der Waals surface area contributed by atoms with Crippen LogP contribution in [0.15, 0.2) is 0 Å². The van der Waals surface area contributed by atoms with E-state index in [4.69, 9.17) is 0 Å². The quantitative estimate of drug-likeness (QED) is 0.743. The van der Waals surface area contributed by atoms with Crippen molar-refractivity contribution >= 4 is 22.5 Å². The molecule has 0 aliphatic heterocycles. The van der Waals surface area contributed by atoms with Crippen molar-refractivity contribution in [1.29, 1.82) is 0 Å². The zero-order valence-corrected chi connectivity index (χ0v) is 12.6. The minimum Gasteiger partial charge on any atom is -0.396 e. The molecule has 1 saturated carbocycles. The average Bonchev–Trinajstić information content (AvgIpc) is 2.77. The Morgan fingerprint density at radius 3 is 2.85 bits per heavy atom. The fourth-order valence-corrected chi connectivity index (χ4v) is 3.22. The van der Waals surface area contributed by atoms with Gasteiger partial charge in [-0.15, -0.1) is 10.2 Å². The number of urea groups is 1. The lowest BCUT2D eigenvalue weighted by Gasteiger charge is -2.24. The summed E-state index contributed by atoms with van der Waals surface area (Å²) < 4.78 is 0.